The third-order valence-electron chi connectivity index (χ3n) is 4.74. The molecule has 3 aromatic carbocycles. The van der Waals surface area contributed by atoms with Gasteiger partial charge in [-0.25, -0.2) is 9.36 Å². The molecule has 0 N–H and O–H groups in total. The second-order valence-corrected chi connectivity index (χ2v) is 6.65. The summed E-state index contributed by atoms with van der Waals surface area (Å²) >= 11 is 0. The highest BCUT2D eigenvalue weighted by Crippen LogP contribution is 2.12. The summed E-state index contributed by atoms with van der Waals surface area (Å²) in [4.78, 5) is 39.0. The summed E-state index contributed by atoms with van der Waals surface area (Å²) in [6.07, 6.45) is 0. The Morgan fingerprint density at radius 2 is 1.46 bits per heavy atom. The van der Waals surface area contributed by atoms with Gasteiger partial charge < -0.3 is 0 Å². The second kappa shape index (κ2) is 7.12. The number of nitrogens with zero attached hydrogens (tertiary/aromatic N) is 2. The maximum absolute atomic E-state index is 13.2. The van der Waals surface area contributed by atoms with E-state index in [-0.39, 0.29) is 12.3 Å². The average Bonchev–Trinajstić information content (AvgIpc) is 2.73. The van der Waals surface area contributed by atoms with Gasteiger partial charge in [0.05, 0.1) is 23.1 Å². The first-order valence-electron chi connectivity index (χ1n) is 8.96. The SMILES string of the molecule is Cc1ccc(-n2c(=O)c3ccccc3n(CC(=O)c3ccccc3)c2=O)cc1. The highest BCUT2D eigenvalue weighted by molar-refractivity contribution is 5.96. The third-order valence-corrected chi connectivity index (χ3v) is 4.74. The normalized spacial score (nSPS) is 10.9. The number of aromatic nitrogens is 2. The Hall–Kier alpha value is -3.73. The summed E-state index contributed by atoms with van der Waals surface area (Å²) in [7, 11) is 0. The summed E-state index contributed by atoms with van der Waals surface area (Å²) in [6.45, 7) is 1.79. The van der Waals surface area contributed by atoms with Crippen LogP contribution < -0.4 is 11.2 Å². The van der Waals surface area contributed by atoms with Crippen LogP contribution in [0.25, 0.3) is 16.6 Å². The van der Waals surface area contributed by atoms with Gasteiger partial charge in [-0.05, 0) is 31.2 Å². The molecule has 0 saturated heterocycles. The first-order chi connectivity index (χ1) is 13.6. The van der Waals surface area contributed by atoms with Gasteiger partial charge in [-0.2, -0.15) is 0 Å². The molecule has 0 aliphatic heterocycles. The van der Waals surface area contributed by atoms with Crippen molar-refractivity contribution in [2.24, 2.45) is 0 Å². The Balaban J connectivity index is 1.95. The Morgan fingerprint density at radius 1 is 0.821 bits per heavy atom. The molecule has 0 amide bonds. The van der Waals surface area contributed by atoms with Crippen LogP contribution in [-0.4, -0.2) is 14.9 Å². The fourth-order valence-electron chi connectivity index (χ4n) is 3.25. The van der Waals surface area contributed by atoms with Crippen LogP contribution in [0, 0.1) is 6.92 Å². The average molecular weight is 370 g/mol. The van der Waals surface area contributed by atoms with Crippen LogP contribution in [-0.2, 0) is 6.54 Å². The number of Topliss-reactive ketones (excluding diaryl/α,β-unsaturated/α-hetero) is 1. The topological polar surface area (TPSA) is 61.1 Å². The molecule has 138 valence electrons. The van der Waals surface area contributed by atoms with E-state index in [1.54, 1.807) is 60.7 Å². The number of carbonyl (C=O) groups is 1. The Bertz CT molecular complexity index is 1280. The van der Waals surface area contributed by atoms with Crippen molar-refractivity contribution in [3.63, 3.8) is 0 Å². The van der Waals surface area contributed by atoms with Gasteiger partial charge in [0.2, 0.25) is 0 Å². The molecule has 4 aromatic rings. The zero-order chi connectivity index (χ0) is 19.7. The molecule has 1 heterocycles. The quantitative estimate of drug-likeness (QED) is 0.518. The largest absolute Gasteiger partial charge is 0.336 e. The second-order valence-electron chi connectivity index (χ2n) is 6.65. The summed E-state index contributed by atoms with van der Waals surface area (Å²) in [5, 5.41) is 0.392. The Kier molecular flexibility index (Phi) is 4.49. The van der Waals surface area contributed by atoms with Gasteiger partial charge in [-0.1, -0.05) is 60.2 Å². The van der Waals surface area contributed by atoms with E-state index < -0.39 is 11.2 Å². The predicted octanol–water partition coefficient (Wildman–Crippen LogP) is 3.34. The van der Waals surface area contributed by atoms with Crippen LogP contribution in [0.5, 0.6) is 0 Å². The molecule has 0 bridgehead atoms. The lowest BCUT2D eigenvalue weighted by Crippen LogP contribution is -2.40. The number of para-hydroxylation sites is 1. The number of hydrogen-bond acceptors (Lipinski definition) is 3. The van der Waals surface area contributed by atoms with Crippen LogP contribution in [0.2, 0.25) is 0 Å². The monoisotopic (exact) mass is 370 g/mol. The molecular weight excluding hydrogens is 352 g/mol. The lowest BCUT2D eigenvalue weighted by Gasteiger charge is -2.14. The Morgan fingerprint density at radius 3 is 2.18 bits per heavy atom. The standard InChI is InChI=1S/C23H18N2O3/c1-16-11-13-18(14-12-16)25-22(27)19-9-5-6-10-20(19)24(23(25)28)15-21(26)17-7-3-2-4-8-17/h2-14H,15H2,1H3. The number of fused-ring (bicyclic) bond motifs is 1. The van der Waals surface area contributed by atoms with Gasteiger partial charge in [-0.3, -0.25) is 14.2 Å². The number of carbonyl (C=O) groups excluding carboxylic acids is 1. The van der Waals surface area contributed by atoms with Crippen molar-refractivity contribution < 1.29 is 4.79 Å². The lowest BCUT2D eigenvalue weighted by atomic mass is 10.1. The summed E-state index contributed by atoms with van der Waals surface area (Å²) in [5.41, 5.74) is 1.55. The van der Waals surface area contributed by atoms with Gasteiger partial charge in [0.1, 0.15) is 0 Å². The first kappa shape index (κ1) is 17.7. The van der Waals surface area contributed by atoms with Crippen LogP contribution in [0.1, 0.15) is 15.9 Å². The van der Waals surface area contributed by atoms with Crippen LogP contribution in [0.15, 0.2) is 88.5 Å². The number of aryl methyl sites for hydroxylation is 1. The van der Waals surface area contributed by atoms with Gasteiger partial charge in [0, 0.05) is 5.56 Å². The molecule has 5 heteroatoms. The van der Waals surface area contributed by atoms with E-state index in [4.69, 9.17) is 0 Å². The molecule has 5 nitrogen and oxygen atoms in total. The highest BCUT2D eigenvalue weighted by Gasteiger charge is 2.17. The highest BCUT2D eigenvalue weighted by atomic mass is 16.2. The van der Waals surface area contributed by atoms with Crippen molar-refractivity contribution in [1.29, 1.82) is 0 Å². The zero-order valence-electron chi connectivity index (χ0n) is 15.3. The molecular formula is C23H18N2O3. The van der Waals surface area contributed by atoms with Crippen molar-refractivity contribution in [3.05, 3.63) is 111 Å². The molecule has 0 atom stereocenters. The van der Waals surface area contributed by atoms with Crippen molar-refractivity contribution >= 4 is 16.7 Å². The predicted molar refractivity (Wildman–Crippen MR) is 109 cm³/mol. The molecule has 0 saturated carbocycles. The van der Waals surface area contributed by atoms with Crippen LogP contribution in [0.3, 0.4) is 0 Å². The summed E-state index contributed by atoms with van der Waals surface area (Å²) in [5.74, 6) is -0.193. The van der Waals surface area contributed by atoms with Gasteiger partial charge in [-0.15, -0.1) is 0 Å². The minimum absolute atomic E-state index is 0.143. The maximum atomic E-state index is 13.2. The molecule has 1 aromatic heterocycles. The van der Waals surface area contributed by atoms with E-state index in [0.717, 1.165) is 10.1 Å². The zero-order valence-corrected chi connectivity index (χ0v) is 15.3. The molecule has 0 spiro atoms. The van der Waals surface area contributed by atoms with Crippen LogP contribution in [0.4, 0.5) is 0 Å². The molecule has 4 rings (SSSR count). The number of rotatable bonds is 4. The van der Waals surface area contributed by atoms with Crippen molar-refractivity contribution in [2.75, 3.05) is 0 Å². The number of ketones is 1. The maximum Gasteiger partial charge on any atom is 0.336 e. The van der Waals surface area contributed by atoms with Gasteiger partial charge >= 0.3 is 5.69 Å². The minimum Gasteiger partial charge on any atom is -0.292 e. The third kappa shape index (κ3) is 3.07. The molecule has 0 aliphatic carbocycles. The first-order valence-corrected chi connectivity index (χ1v) is 8.96. The molecule has 0 aliphatic rings. The van der Waals surface area contributed by atoms with Crippen molar-refractivity contribution in [1.82, 2.24) is 9.13 Å². The van der Waals surface area contributed by atoms with Gasteiger partial charge in [0.15, 0.2) is 5.78 Å². The van der Waals surface area contributed by atoms with Gasteiger partial charge in [0.25, 0.3) is 5.56 Å². The van der Waals surface area contributed by atoms with E-state index in [0.29, 0.717) is 22.2 Å². The summed E-state index contributed by atoms with van der Waals surface area (Å²) in [6, 6.07) is 22.8. The van der Waals surface area contributed by atoms with E-state index >= 15 is 0 Å². The van der Waals surface area contributed by atoms with Crippen molar-refractivity contribution in [3.8, 4) is 5.69 Å². The van der Waals surface area contributed by atoms with E-state index in [2.05, 4.69) is 0 Å². The summed E-state index contributed by atoms with van der Waals surface area (Å²) < 4.78 is 2.49. The van der Waals surface area contributed by atoms with E-state index in [9.17, 15) is 14.4 Å². The molecule has 0 radical (unpaired) electrons. The van der Waals surface area contributed by atoms with E-state index in [1.165, 1.54) is 4.57 Å². The molecule has 0 unspecified atom stereocenters. The fourth-order valence-corrected chi connectivity index (χ4v) is 3.25. The van der Waals surface area contributed by atoms with Crippen LogP contribution >= 0.6 is 0 Å². The van der Waals surface area contributed by atoms with E-state index in [1.807, 2.05) is 25.1 Å². The Labute approximate surface area is 161 Å². The lowest BCUT2D eigenvalue weighted by molar-refractivity contribution is 0.0971. The molecule has 28 heavy (non-hydrogen) atoms. The number of benzene rings is 3. The fraction of sp³-hybridized carbons (Fsp3) is 0.0870. The van der Waals surface area contributed by atoms with Crippen molar-refractivity contribution in [2.45, 2.75) is 13.5 Å². The molecule has 0 fully saturated rings. The minimum atomic E-state index is -0.531. The number of hydrogen-bond donors (Lipinski definition) is 0. The smallest absolute Gasteiger partial charge is 0.292 e.